The van der Waals surface area contributed by atoms with Crippen LogP contribution >= 0.6 is 11.6 Å². The Morgan fingerprint density at radius 1 is 0.861 bits per heavy atom. The first kappa shape index (κ1) is 22.8. The first-order valence-corrected chi connectivity index (χ1v) is 12.6. The van der Waals surface area contributed by atoms with Crippen LogP contribution in [-0.2, 0) is 4.74 Å². The molecule has 0 amide bonds. The van der Waals surface area contributed by atoms with Gasteiger partial charge in [-0.05, 0) is 51.2 Å². The van der Waals surface area contributed by atoms with Gasteiger partial charge < -0.3 is 4.74 Å². The number of nitrogens with zero attached hydrogens (tertiary/aromatic N) is 3. The van der Waals surface area contributed by atoms with Crippen molar-refractivity contribution in [2.75, 3.05) is 7.11 Å². The van der Waals surface area contributed by atoms with Crippen molar-refractivity contribution < 1.29 is 4.74 Å². The molecule has 5 heteroatoms. The van der Waals surface area contributed by atoms with E-state index in [9.17, 15) is 0 Å². The molecule has 0 saturated heterocycles. The lowest BCUT2D eigenvalue weighted by Gasteiger charge is -2.33. The molecule has 0 bridgehead atoms. The molecule has 180 valence electrons. The second-order valence-electron chi connectivity index (χ2n) is 10.5. The number of allylic oxidation sites excluding steroid dienone is 4. The highest BCUT2D eigenvalue weighted by molar-refractivity contribution is 6.31. The van der Waals surface area contributed by atoms with Gasteiger partial charge in [0.15, 0.2) is 0 Å². The van der Waals surface area contributed by atoms with Crippen LogP contribution in [-0.4, -0.2) is 22.1 Å². The van der Waals surface area contributed by atoms with Gasteiger partial charge in [-0.2, -0.15) is 15.0 Å². The summed E-state index contributed by atoms with van der Waals surface area (Å²) in [6.45, 7) is 6.79. The number of benzene rings is 4. The fourth-order valence-electron chi connectivity index (χ4n) is 5.28. The third-order valence-corrected chi connectivity index (χ3v) is 7.40. The van der Waals surface area contributed by atoms with Crippen LogP contribution in [0.5, 0.6) is 0 Å². The van der Waals surface area contributed by atoms with Crippen LogP contribution in [0.1, 0.15) is 38.8 Å². The standard InChI is InChI=1S/C31H28ClN3O/c1-31(2,3)21-16-25(29-23-11-7-5-9-19(23)15-20-10-6-8-12-24(20)29)30(36-4)28(17-21)35-33-26-14-13-22(32)18-27(26)34-35/h5-16,18,28H,17H2,1-4H3. The Morgan fingerprint density at radius 2 is 1.50 bits per heavy atom. The molecule has 1 aromatic heterocycles. The maximum absolute atomic E-state index is 6.25. The molecule has 0 aliphatic heterocycles. The lowest BCUT2D eigenvalue weighted by atomic mass is 9.76. The highest BCUT2D eigenvalue weighted by Crippen LogP contribution is 2.46. The van der Waals surface area contributed by atoms with Gasteiger partial charge in [-0.3, -0.25) is 0 Å². The molecule has 4 nitrogen and oxygen atoms in total. The summed E-state index contributed by atoms with van der Waals surface area (Å²) < 4.78 is 6.21. The van der Waals surface area contributed by atoms with E-state index in [1.54, 1.807) is 7.11 Å². The van der Waals surface area contributed by atoms with Gasteiger partial charge in [0.05, 0.1) is 7.11 Å². The SMILES string of the molecule is COC1=C(c2c3ccccc3cc3ccccc23)C=C(C(C)(C)C)CC1n1nc2ccc(Cl)cc2n1. The van der Waals surface area contributed by atoms with Gasteiger partial charge in [0.25, 0.3) is 0 Å². The highest BCUT2D eigenvalue weighted by Gasteiger charge is 2.34. The zero-order chi connectivity index (χ0) is 25.0. The number of hydrogen-bond acceptors (Lipinski definition) is 3. The number of fused-ring (bicyclic) bond motifs is 3. The Balaban J connectivity index is 1.68. The Hall–Kier alpha value is -3.63. The van der Waals surface area contributed by atoms with E-state index in [2.05, 4.69) is 81.4 Å². The van der Waals surface area contributed by atoms with E-state index in [4.69, 9.17) is 26.5 Å². The zero-order valence-electron chi connectivity index (χ0n) is 20.9. The number of methoxy groups -OCH3 is 1. The molecule has 0 spiro atoms. The van der Waals surface area contributed by atoms with Crippen molar-refractivity contribution in [3.8, 4) is 0 Å². The lowest BCUT2D eigenvalue weighted by Crippen LogP contribution is -2.24. The second-order valence-corrected chi connectivity index (χ2v) is 10.9. The molecule has 1 unspecified atom stereocenters. The molecule has 1 aliphatic carbocycles. The molecule has 36 heavy (non-hydrogen) atoms. The molecule has 5 aromatic rings. The van der Waals surface area contributed by atoms with Gasteiger partial charge in [0.1, 0.15) is 22.8 Å². The Labute approximate surface area is 215 Å². The quantitative estimate of drug-likeness (QED) is 0.237. The molecule has 0 N–H and O–H groups in total. The van der Waals surface area contributed by atoms with Crippen molar-refractivity contribution >= 4 is 49.8 Å². The maximum atomic E-state index is 6.25. The van der Waals surface area contributed by atoms with Gasteiger partial charge in [0.2, 0.25) is 0 Å². The number of ether oxygens (including phenoxy) is 1. The Bertz CT molecular complexity index is 1650. The molecule has 1 heterocycles. The number of halogens is 1. The molecule has 1 atom stereocenters. The first-order valence-electron chi connectivity index (χ1n) is 12.3. The number of hydrogen-bond donors (Lipinski definition) is 0. The average molecular weight is 494 g/mol. The summed E-state index contributed by atoms with van der Waals surface area (Å²) in [5.41, 5.74) is 5.18. The van der Waals surface area contributed by atoms with Crippen LogP contribution in [0.4, 0.5) is 0 Å². The second kappa shape index (κ2) is 8.49. The summed E-state index contributed by atoms with van der Waals surface area (Å²) >= 11 is 6.25. The average Bonchev–Trinajstić information content (AvgIpc) is 3.29. The molecule has 1 aliphatic rings. The van der Waals surface area contributed by atoms with Crippen molar-refractivity contribution in [2.45, 2.75) is 33.2 Å². The van der Waals surface area contributed by atoms with Crippen LogP contribution in [0.25, 0.3) is 38.2 Å². The van der Waals surface area contributed by atoms with E-state index in [0.717, 1.165) is 28.8 Å². The van der Waals surface area contributed by atoms with E-state index >= 15 is 0 Å². The van der Waals surface area contributed by atoms with Gasteiger partial charge in [-0.15, -0.1) is 0 Å². The van der Waals surface area contributed by atoms with Crippen molar-refractivity contribution in [1.82, 2.24) is 15.0 Å². The summed E-state index contributed by atoms with van der Waals surface area (Å²) in [7, 11) is 1.76. The first-order chi connectivity index (χ1) is 17.3. The summed E-state index contributed by atoms with van der Waals surface area (Å²) in [6, 6.07) is 24.9. The van der Waals surface area contributed by atoms with Crippen LogP contribution in [0, 0.1) is 5.41 Å². The summed E-state index contributed by atoms with van der Waals surface area (Å²) in [5, 5.41) is 15.2. The molecule has 6 rings (SSSR count). The van der Waals surface area contributed by atoms with Crippen molar-refractivity contribution in [1.29, 1.82) is 0 Å². The van der Waals surface area contributed by atoms with E-state index in [-0.39, 0.29) is 11.5 Å². The van der Waals surface area contributed by atoms with E-state index < -0.39 is 0 Å². The number of aromatic nitrogens is 3. The number of rotatable bonds is 3. The van der Waals surface area contributed by atoms with E-state index in [1.165, 1.54) is 32.7 Å². The topological polar surface area (TPSA) is 39.9 Å². The minimum Gasteiger partial charge on any atom is -0.498 e. The lowest BCUT2D eigenvalue weighted by molar-refractivity contribution is 0.221. The smallest absolute Gasteiger partial charge is 0.133 e. The third-order valence-electron chi connectivity index (χ3n) is 7.16. The van der Waals surface area contributed by atoms with Gasteiger partial charge in [-0.1, -0.05) is 92.6 Å². The Kier molecular flexibility index (Phi) is 5.38. The zero-order valence-corrected chi connectivity index (χ0v) is 21.7. The summed E-state index contributed by atoms with van der Waals surface area (Å²) in [6.07, 6.45) is 3.11. The third kappa shape index (κ3) is 3.77. The molecule has 0 fully saturated rings. The van der Waals surface area contributed by atoms with Gasteiger partial charge in [0, 0.05) is 22.6 Å². The van der Waals surface area contributed by atoms with Crippen LogP contribution < -0.4 is 0 Å². The monoisotopic (exact) mass is 493 g/mol. The fraction of sp³-hybridized carbons (Fsp3) is 0.226. The minimum absolute atomic E-state index is 0.0287. The van der Waals surface area contributed by atoms with Crippen molar-refractivity contribution in [3.63, 3.8) is 0 Å². The Morgan fingerprint density at radius 3 is 2.14 bits per heavy atom. The van der Waals surface area contributed by atoms with E-state index in [1.807, 2.05) is 23.0 Å². The molecular weight excluding hydrogens is 466 g/mol. The van der Waals surface area contributed by atoms with Crippen LogP contribution in [0.3, 0.4) is 0 Å². The normalized spacial score (nSPS) is 16.7. The predicted molar refractivity (Wildman–Crippen MR) is 149 cm³/mol. The predicted octanol–water partition coefficient (Wildman–Crippen LogP) is 8.37. The summed E-state index contributed by atoms with van der Waals surface area (Å²) in [5.74, 6) is 0.871. The molecule has 0 radical (unpaired) electrons. The van der Waals surface area contributed by atoms with Gasteiger partial charge >= 0.3 is 0 Å². The molecule has 4 aromatic carbocycles. The minimum atomic E-state index is -0.173. The van der Waals surface area contributed by atoms with E-state index in [0.29, 0.717) is 5.02 Å². The molecule has 0 saturated carbocycles. The maximum Gasteiger partial charge on any atom is 0.133 e. The summed E-state index contributed by atoms with van der Waals surface area (Å²) in [4.78, 5) is 1.81. The highest BCUT2D eigenvalue weighted by atomic mass is 35.5. The molecular formula is C31H28ClN3O. The van der Waals surface area contributed by atoms with Gasteiger partial charge in [-0.25, -0.2) is 0 Å². The van der Waals surface area contributed by atoms with Crippen molar-refractivity contribution in [2.24, 2.45) is 5.41 Å². The largest absolute Gasteiger partial charge is 0.498 e. The van der Waals surface area contributed by atoms with Crippen LogP contribution in [0.2, 0.25) is 5.02 Å². The fourth-order valence-corrected chi connectivity index (χ4v) is 5.45. The van der Waals surface area contributed by atoms with Crippen molar-refractivity contribution in [3.05, 3.63) is 101 Å². The van der Waals surface area contributed by atoms with Crippen LogP contribution in [0.15, 0.2) is 90.2 Å².